The standard InChI is InChI=1S/C10H5Br2N3/c11-8-1-9(12)3-10(2-8)15-6-7(4-13)5-14/h1-3,6,15H. The quantitative estimate of drug-likeness (QED) is 0.845. The fourth-order valence-corrected chi connectivity index (χ4v) is 2.18. The Morgan fingerprint density at radius 2 is 1.67 bits per heavy atom. The van der Waals surface area contributed by atoms with E-state index >= 15 is 0 Å². The van der Waals surface area contributed by atoms with Gasteiger partial charge in [-0.15, -0.1) is 0 Å². The molecule has 0 heterocycles. The minimum Gasteiger partial charge on any atom is -0.360 e. The molecule has 0 amide bonds. The topological polar surface area (TPSA) is 59.6 Å². The summed E-state index contributed by atoms with van der Waals surface area (Å²) in [5, 5.41) is 19.9. The first-order valence-electron chi connectivity index (χ1n) is 3.88. The summed E-state index contributed by atoms with van der Waals surface area (Å²) in [6.45, 7) is 0. The summed E-state index contributed by atoms with van der Waals surface area (Å²) < 4.78 is 1.81. The Morgan fingerprint density at radius 3 is 2.13 bits per heavy atom. The highest BCUT2D eigenvalue weighted by atomic mass is 79.9. The molecule has 0 unspecified atom stereocenters. The fourth-order valence-electron chi connectivity index (χ4n) is 0.882. The largest absolute Gasteiger partial charge is 0.360 e. The van der Waals surface area contributed by atoms with Crippen molar-refractivity contribution < 1.29 is 0 Å². The van der Waals surface area contributed by atoms with Gasteiger partial charge in [0.05, 0.1) is 0 Å². The summed E-state index contributed by atoms with van der Waals surface area (Å²) >= 11 is 6.67. The number of allylic oxidation sites excluding steroid dienone is 1. The van der Waals surface area contributed by atoms with Crippen molar-refractivity contribution >= 4 is 37.5 Å². The van der Waals surface area contributed by atoms with Crippen molar-refractivity contribution in [2.24, 2.45) is 0 Å². The first kappa shape index (κ1) is 11.8. The Labute approximate surface area is 104 Å². The van der Waals surface area contributed by atoms with Crippen LogP contribution in [0.1, 0.15) is 0 Å². The van der Waals surface area contributed by atoms with Crippen molar-refractivity contribution in [2.75, 3.05) is 5.32 Å². The highest BCUT2D eigenvalue weighted by molar-refractivity contribution is 9.11. The van der Waals surface area contributed by atoms with Crippen LogP contribution in [-0.2, 0) is 0 Å². The van der Waals surface area contributed by atoms with Gasteiger partial charge in [-0.2, -0.15) is 10.5 Å². The average molecular weight is 327 g/mol. The molecule has 1 aromatic rings. The van der Waals surface area contributed by atoms with Crippen molar-refractivity contribution in [2.45, 2.75) is 0 Å². The van der Waals surface area contributed by atoms with Crippen molar-refractivity contribution in [3.05, 3.63) is 38.9 Å². The van der Waals surface area contributed by atoms with E-state index in [4.69, 9.17) is 10.5 Å². The van der Waals surface area contributed by atoms with Crippen LogP contribution in [0.3, 0.4) is 0 Å². The molecule has 0 aliphatic carbocycles. The zero-order chi connectivity index (χ0) is 11.3. The van der Waals surface area contributed by atoms with Gasteiger partial charge in [0.1, 0.15) is 17.7 Å². The monoisotopic (exact) mass is 325 g/mol. The molecule has 0 fully saturated rings. The molecule has 1 N–H and O–H groups in total. The second kappa shape index (κ2) is 5.55. The van der Waals surface area contributed by atoms with Crippen LogP contribution in [0.2, 0.25) is 0 Å². The van der Waals surface area contributed by atoms with E-state index in [2.05, 4.69) is 37.2 Å². The molecular formula is C10H5Br2N3. The molecule has 0 bridgehead atoms. The van der Waals surface area contributed by atoms with E-state index in [9.17, 15) is 0 Å². The van der Waals surface area contributed by atoms with E-state index in [0.29, 0.717) is 0 Å². The van der Waals surface area contributed by atoms with Crippen LogP contribution in [-0.4, -0.2) is 0 Å². The lowest BCUT2D eigenvalue weighted by molar-refractivity contribution is 1.44. The van der Waals surface area contributed by atoms with E-state index < -0.39 is 0 Å². The Hall–Kier alpha value is -1.30. The highest BCUT2D eigenvalue weighted by Crippen LogP contribution is 2.23. The number of nitrogens with one attached hydrogen (secondary N) is 1. The molecule has 1 rings (SSSR count). The SMILES string of the molecule is N#CC(C#N)=CNc1cc(Br)cc(Br)c1. The summed E-state index contributed by atoms with van der Waals surface area (Å²) in [4.78, 5) is 0. The number of rotatable bonds is 2. The van der Waals surface area contributed by atoms with Crippen molar-refractivity contribution in [3.63, 3.8) is 0 Å². The predicted octanol–water partition coefficient (Wildman–Crippen LogP) is 3.55. The molecule has 0 aliphatic heterocycles. The average Bonchev–Trinajstić information content (AvgIpc) is 2.18. The normalized spacial score (nSPS) is 8.53. The van der Waals surface area contributed by atoms with Crippen LogP contribution in [0.4, 0.5) is 5.69 Å². The highest BCUT2D eigenvalue weighted by Gasteiger charge is 1.96. The number of benzene rings is 1. The molecule has 0 saturated carbocycles. The van der Waals surface area contributed by atoms with E-state index in [-0.39, 0.29) is 5.57 Å². The smallest absolute Gasteiger partial charge is 0.145 e. The van der Waals surface area contributed by atoms with Gasteiger partial charge in [0, 0.05) is 20.8 Å². The molecule has 0 aromatic heterocycles. The van der Waals surface area contributed by atoms with E-state index in [1.165, 1.54) is 6.20 Å². The van der Waals surface area contributed by atoms with E-state index in [1.807, 2.05) is 18.2 Å². The molecule has 0 atom stereocenters. The van der Waals surface area contributed by atoms with Crippen molar-refractivity contribution in [1.82, 2.24) is 0 Å². The number of hydrogen-bond acceptors (Lipinski definition) is 3. The molecule has 0 saturated heterocycles. The van der Waals surface area contributed by atoms with Crippen LogP contribution in [0.15, 0.2) is 38.9 Å². The maximum atomic E-state index is 8.51. The fraction of sp³-hybridized carbons (Fsp3) is 0. The van der Waals surface area contributed by atoms with Crippen LogP contribution in [0, 0.1) is 22.7 Å². The first-order chi connectivity index (χ1) is 7.15. The van der Waals surface area contributed by atoms with Gasteiger partial charge in [-0.1, -0.05) is 31.9 Å². The second-order valence-electron chi connectivity index (χ2n) is 2.58. The maximum Gasteiger partial charge on any atom is 0.145 e. The van der Waals surface area contributed by atoms with E-state index in [0.717, 1.165) is 14.6 Å². The zero-order valence-corrected chi connectivity index (χ0v) is 10.6. The van der Waals surface area contributed by atoms with Gasteiger partial charge >= 0.3 is 0 Å². The first-order valence-corrected chi connectivity index (χ1v) is 5.47. The van der Waals surface area contributed by atoms with Gasteiger partial charge < -0.3 is 5.32 Å². The summed E-state index contributed by atoms with van der Waals surface area (Å²) in [7, 11) is 0. The lowest BCUT2D eigenvalue weighted by Crippen LogP contribution is -1.89. The molecule has 74 valence electrons. The third-order valence-corrected chi connectivity index (χ3v) is 2.40. The van der Waals surface area contributed by atoms with Crippen LogP contribution < -0.4 is 5.32 Å². The summed E-state index contributed by atoms with van der Waals surface area (Å²) in [6, 6.07) is 9.11. The van der Waals surface area contributed by atoms with Crippen LogP contribution in [0.5, 0.6) is 0 Å². The van der Waals surface area contributed by atoms with Gasteiger partial charge in [0.15, 0.2) is 0 Å². The maximum absolute atomic E-state index is 8.51. The summed E-state index contributed by atoms with van der Waals surface area (Å²) in [5.74, 6) is 0. The minimum atomic E-state index is 0.0334. The van der Waals surface area contributed by atoms with Gasteiger partial charge in [0.25, 0.3) is 0 Å². The molecule has 1 aromatic carbocycles. The number of anilines is 1. The Morgan fingerprint density at radius 1 is 1.13 bits per heavy atom. The molecule has 0 radical (unpaired) electrons. The van der Waals surface area contributed by atoms with Gasteiger partial charge in [-0.3, -0.25) is 0 Å². The number of nitriles is 2. The molecular weight excluding hydrogens is 322 g/mol. The zero-order valence-electron chi connectivity index (χ0n) is 7.46. The second-order valence-corrected chi connectivity index (χ2v) is 4.42. The molecule has 0 spiro atoms. The van der Waals surface area contributed by atoms with E-state index in [1.54, 1.807) is 12.1 Å². The molecule has 5 heteroatoms. The molecule has 0 aliphatic rings. The molecule has 15 heavy (non-hydrogen) atoms. The summed E-state index contributed by atoms with van der Waals surface area (Å²) in [6.07, 6.45) is 1.37. The Bertz CT molecular complexity index is 444. The number of nitrogens with zero attached hydrogens (tertiary/aromatic N) is 2. The van der Waals surface area contributed by atoms with Gasteiger partial charge in [-0.05, 0) is 18.2 Å². The molecule has 3 nitrogen and oxygen atoms in total. The number of halogens is 2. The van der Waals surface area contributed by atoms with Crippen molar-refractivity contribution in [1.29, 1.82) is 10.5 Å². The lowest BCUT2D eigenvalue weighted by Gasteiger charge is -2.02. The Kier molecular flexibility index (Phi) is 4.36. The third kappa shape index (κ3) is 3.75. The third-order valence-electron chi connectivity index (χ3n) is 1.49. The van der Waals surface area contributed by atoms with Crippen LogP contribution >= 0.6 is 31.9 Å². The van der Waals surface area contributed by atoms with Gasteiger partial charge in [-0.25, -0.2) is 0 Å². The lowest BCUT2D eigenvalue weighted by atomic mass is 10.3. The summed E-state index contributed by atoms with van der Waals surface area (Å²) in [5.41, 5.74) is 0.824. The minimum absolute atomic E-state index is 0.0334. The number of hydrogen-bond donors (Lipinski definition) is 1. The van der Waals surface area contributed by atoms with Crippen molar-refractivity contribution in [3.8, 4) is 12.1 Å². The van der Waals surface area contributed by atoms with Gasteiger partial charge in [0.2, 0.25) is 0 Å². The Balaban J connectivity index is 2.88. The van der Waals surface area contributed by atoms with Crippen LogP contribution in [0.25, 0.3) is 0 Å². The predicted molar refractivity (Wildman–Crippen MR) is 64.8 cm³/mol.